The molecule has 0 bridgehead atoms. The van der Waals surface area contributed by atoms with E-state index >= 15 is 0 Å². The Morgan fingerprint density at radius 3 is 2.52 bits per heavy atom. The Balaban J connectivity index is 1.01. The highest BCUT2D eigenvalue weighted by Crippen LogP contribution is 2.31. The lowest BCUT2D eigenvalue weighted by molar-refractivity contribution is -0.122. The molecular weight excluding hydrogens is 566 g/mol. The second-order valence-electron chi connectivity index (χ2n) is 10.4. The molecule has 3 amide bonds. The number of fused-ring (bicyclic) bond motifs is 1. The second kappa shape index (κ2) is 15.0. The van der Waals surface area contributed by atoms with E-state index in [9.17, 15) is 19.5 Å². The lowest BCUT2D eigenvalue weighted by Crippen LogP contribution is -2.37. The van der Waals surface area contributed by atoms with Gasteiger partial charge in [0.1, 0.15) is 25.3 Å². The highest BCUT2D eigenvalue weighted by molar-refractivity contribution is 6.06. The van der Waals surface area contributed by atoms with E-state index in [1.807, 2.05) is 36.4 Å². The number of alkyl carbamates (subject to hydrolysis) is 1. The minimum Gasteiger partial charge on any atom is -0.445 e. The van der Waals surface area contributed by atoms with E-state index in [4.69, 9.17) is 9.47 Å². The predicted molar refractivity (Wildman–Crippen MR) is 160 cm³/mol. The molecule has 1 aliphatic rings. The lowest BCUT2D eigenvalue weighted by atomic mass is 10.1. The van der Waals surface area contributed by atoms with Gasteiger partial charge in [0.05, 0.1) is 12.4 Å². The first kappa shape index (κ1) is 30.6. The van der Waals surface area contributed by atoms with Crippen LogP contribution in [0.1, 0.15) is 54.3 Å². The van der Waals surface area contributed by atoms with E-state index in [2.05, 4.69) is 30.9 Å². The molecule has 5 rings (SSSR count). The third kappa shape index (κ3) is 8.14. The van der Waals surface area contributed by atoms with Gasteiger partial charge < -0.3 is 30.5 Å². The Morgan fingerprint density at radius 2 is 1.73 bits per heavy atom. The number of amides is 3. The van der Waals surface area contributed by atoms with E-state index in [0.717, 1.165) is 18.4 Å². The fourth-order valence-electron chi connectivity index (χ4n) is 4.85. The number of nitrogens with one attached hydrogen (secondary N) is 3. The van der Waals surface area contributed by atoms with Crippen molar-refractivity contribution in [2.24, 2.45) is 0 Å². The number of imidazole rings is 1. The zero-order valence-electron chi connectivity index (χ0n) is 24.1. The van der Waals surface area contributed by atoms with Crippen molar-refractivity contribution in [3.05, 3.63) is 84.4 Å². The molecule has 3 heterocycles. The van der Waals surface area contributed by atoms with Crippen LogP contribution >= 0.6 is 0 Å². The molecule has 0 aliphatic carbocycles. The van der Waals surface area contributed by atoms with Crippen LogP contribution in [0.25, 0.3) is 11.2 Å². The van der Waals surface area contributed by atoms with Crippen LogP contribution in [0, 0.1) is 0 Å². The van der Waals surface area contributed by atoms with Gasteiger partial charge in [0.15, 0.2) is 17.0 Å². The molecule has 1 fully saturated rings. The molecule has 0 radical (unpaired) electrons. The van der Waals surface area contributed by atoms with Crippen LogP contribution in [-0.4, -0.2) is 67.8 Å². The van der Waals surface area contributed by atoms with Gasteiger partial charge in [0, 0.05) is 31.5 Å². The number of rotatable bonds is 13. The minimum atomic E-state index is -0.801. The van der Waals surface area contributed by atoms with E-state index in [1.54, 1.807) is 28.8 Å². The Labute approximate surface area is 254 Å². The molecule has 1 aliphatic heterocycles. The van der Waals surface area contributed by atoms with Crippen molar-refractivity contribution in [1.29, 1.82) is 0 Å². The maximum atomic E-state index is 12.6. The van der Waals surface area contributed by atoms with E-state index < -0.39 is 24.5 Å². The number of nitrogens with zero attached hydrogens (tertiary/aromatic N) is 4. The smallest absolute Gasteiger partial charge is 0.407 e. The Hall–Kier alpha value is -4.88. The number of aliphatic hydroxyl groups excluding tert-OH is 1. The molecule has 4 N–H and O–H groups in total. The van der Waals surface area contributed by atoms with Crippen LogP contribution in [0.15, 0.2) is 73.3 Å². The molecule has 3 atom stereocenters. The quantitative estimate of drug-likeness (QED) is 0.168. The molecule has 0 spiro atoms. The van der Waals surface area contributed by atoms with Crippen LogP contribution in [0.4, 0.5) is 10.6 Å². The van der Waals surface area contributed by atoms with Gasteiger partial charge in [0.25, 0.3) is 5.91 Å². The van der Waals surface area contributed by atoms with Gasteiger partial charge in [-0.05, 0) is 30.5 Å². The van der Waals surface area contributed by atoms with Crippen LogP contribution < -0.4 is 16.0 Å². The number of aromatic nitrogens is 4. The van der Waals surface area contributed by atoms with Crippen molar-refractivity contribution < 1.29 is 29.0 Å². The zero-order chi connectivity index (χ0) is 30.7. The number of unbranched alkanes of at least 4 members (excludes halogenated alkanes) is 2. The molecule has 4 aromatic rings. The highest BCUT2D eigenvalue weighted by Gasteiger charge is 2.36. The number of carbonyl (C=O) groups excluding carboxylic acids is 3. The summed E-state index contributed by atoms with van der Waals surface area (Å²) in [5.41, 5.74) is 2.25. The molecule has 0 saturated carbocycles. The fraction of sp³-hybridized carbons (Fsp3) is 0.355. The normalized spacial score (nSPS) is 17.7. The van der Waals surface area contributed by atoms with Gasteiger partial charge in [-0.3, -0.25) is 14.2 Å². The third-order valence-corrected chi connectivity index (χ3v) is 7.20. The van der Waals surface area contributed by atoms with Gasteiger partial charge in [0.2, 0.25) is 5.91 Å². The standard InChI is InChI=1S/C31H35N7O6/c39-23-16-26(38-20-36-27-28(34-19-35-29(27)38)37-30(41)22-12-6-2-7-13-22)44-24(23)17-33-25(40)14-8-3-9-15-32-31(42)43-18-21-10-4-1-5-11-21/h1-2,4-7,10-13,19-20,23-24,26,39H,3,8-9,14-18H2,(H,32,42)(H,33,40)(H,34,35,37,41)/t23-,24+,26+/m0/s1. The number of hydrogen-bond donors (Lipinski definition) is 4. The van der Waals surface area contributed by atoms with Gasteiger partial charge in [-0.2, -0.15) is 0 Å². The highest BCUT2D eigenvalue weighted by atomic mass is 16.5. The third-order valence-electron chi connectivity index (χ3n) is 7.20. The van der Waals surface area contributed by atoms with Crippen molar-refractivity contribution in [1.82, 2.24) is 30.2 Å². The van der Waals surface area contributed by atoms with Crippen molar-refractivity contribution in [2.75, 3.05) is 18.4 Å². The summed E-state index contributed by atoms with van der Waals surface area (Å²) in [5, 5.41) is 18.9. The van der Waals surface area contributed by atoms with Crippen LogP contribution in [0.3, 0.4) is 0 Å². The summed E-state index contributed by atoms with van der Waals surface area (Å²) < 4.78 is 12.9. The SMILES string of the molecule is O=C(CCCCCNC(=O)OCc1ccccc1)NC[C@H]1O[C@@H](n2cnc3c(NC(=O)c4ccccc4)ncnc32)C[C@@H]1O. The average Bonchev–Trinajstić information content (AvgIpc) is 3.65. The van der Waals surface area contributed by atoms with Crippen molar-refractivity contribution >= 4 is 34.9 Å². The summed E-state index contributed by atoms with van der Waals surface area (Å²) in [6.45, 7) is 0.842. The molecule has 1 saturated heterocycles. The number of anilines is 1. The number of benzene rings is 2. The van der Waals surface area contributed by atoms with E-state index in [0.29, 0.717) is 36.1 Å². The molecule has 230 valence electrons. The number of hydrogen-bond acceptors (Lipinski definition) is 9. The summed E-state index contributed by atoms with van der Waals surface area (Å²) in [7, 11) is 0. The Kier molecular flexibility index (Phi) is 10.4. The lowest BCUT2D eigenvalue weighted by Gasteiger charge is -2.16. The minimum absolute atomic E-state index is 0.140. The Bertz CT molecular complexity index is 1550. The predicted octanol–water partition coefficient (Wildman–Crippen LogP) is 3.33. The largest absolute Gasteiger partial charge is 0.445 e. The Morgan fingerprint density at radius 1 is 0.955 bits per heavy atom. The molecule has 13 heteroatoms. The molecular formula is C31H35N7O6. The maximum absolute atomic E-state index is 12.6. The van der Waals surface area contributed by atoms with Gasteiger partial charge in [-0.1, -0.05) is 55.0 Å². The van der Waals surface area contributed by atoms with E-state index in [-0.39, 0.29) is 37.2 Å². The van der Waals surface area contributed by atoms with Crippen LogP contribution in [0.2, 0.25) is 0 Å². The van der Waals surface area contributed by atoms with Crippen LogP contribution in [-0.2, 0) is 20.9 Å². The van der Waals surface area contributed by atoms with Gasteiger partial charge in [-0.15, -0.1) is 0 Å². The first-order valence-electron chi connectivity index (χ1n) is 14.6. The topological polar surface area (TPSA) is 170 Å². The number of aliphatic hydroxyl groups is 1. The first-order valence-corrected chi connectivity index (χ1v) is 14.6. The molecule has 13 nitrogen and oxygen atoms in total. The monoisotopic (exact) mass is 601 g/mol. The second-order valence-corrected chi connectivity index (χ2v) is 10.4. The number of ether oxygens (including phenoxy) is 2. The van der Waals surface area contributed by atoms with E-state index in [1.165, 1.54) is 12.7 Å². The van der Waals surface area contributed by atoms with Crippen molar-refractivity contribution in [3.63, 3.8) is 0 Å². The summed E-state index contributed by atoms with van der Waals surface area (Å²) in [6.07, 6.45) is 3.19. The van der Waals surface area contributed by atoms with Gasteiger partial charge >= 0.3 is 6.09 Å². The summed E-state index contributed by atoms with van der Waals surface area (Å²) in [6, 6.07) is 18.2. The summed E-state index contributed by atoms with van der Waals surface area (Å²) in [4.78, 5) is 49.7. The molecule has 2 aromatic carbocycles. The number of carbonyl (C=O) groups is 3. The van der Waals surface area contributed by atoms with Crippen molar-refractivity contribution in [3.8, 4) is 0 Å². The molecule has 44 heavy (non-hydrogen) atoms. The first-order chi connectivity index (χ1) is 21.5. The summed E-state index contributed by atoms with van der Waals surface area (Å²) in [5.74, 6) is -0.192. The molecule has 2 aromatic heterocycles. The van der Waals surface area contributed by atoms with Crippen LogP contribution in [0.5, 0.6) is 0 Å². The maximum Gasteiger partial charge on any atom is 0.407 e. The molecule has 0 unspecified atom stereocenters. The van der Waals surface area contributed by atoms with Gasteiger partial charge in [-0.25, -0.2) is 19.7 Å². The average molecular weight is 602 g/mol. The van der Waals surface area contributed by atoms with Crippen molar-refractivity contribution in [2.45, 2.75) is 57.1 Å². The fourth-order valence-corrected chi connectivity index (χ4v) is 4.85. The zero-order valence-corrected chi connectivity index (χ0v) is 24.1. The summed E-state index contributed by atoms with van der Waals surface area (Å²) >= 11 is 0.